The molecule has 3 aromatic rings. The van der Waals surface area contributed by atoms with E-state index in [-0.39, 0.29) is 5.91 Å². The standard InChI is InChI=1S/C24H21NO4/c1-28-24(27)20-10-6-11-21(16-20)25-23(26)14-13-18-9-5-12-22(15-18)29-17-19-7-3-2-4-8-19/h2-16H,17H2,1H3,(H,25,26)/b14-13+. The molecule has 1 amide bonds. The number of carbonyl (C=O) groups is 2. The molecule has 5 nitrogen and oxygen atoms in total. The average molecular weight is 387 g/mol. The lowest BCUT2D eigenvalue weighted by Gasteiger charge is -2.07. The maximum Gasteiger partial charge on any atom is 0.337 e. The van der Waals surface area contributed by atoms with E-state index < -0.39 is 5.97 Å². The maximum atomic E-state index is 12.2. The third-order valence-electron chi connectivity index (χ3n) is 4.08. The molecule has 0 bridgehead atoms. The molecule has 0 heterocycles. The lowest BCUT2D eigenvalue weighted by atomic mass is 10.2. The van der Waals surface area contributed by atoms with Crippen molar-refractivity contribution in [3.05, 3.63) is 102 Å². The molecular weight excluding hydrogens is 366 g/mol. The molecule has 0 spiro atoms. The van der Waals surface area contributed by atoms with Gasteiger partial charge >= 0.3 is 5.97 Å². The second kappa shape index (κ2) is 9.90. The first-order valence-corrected chi connectivity index (χ1v) is 9.08. The summed E-state index contributed by atoms with van der Waals surface area (Å²) in [6.45, 7) is 0.477. The molecule has 0 atom stereocenters. The van der Waals surface area contributed by atoms with Gasteiger partial charge in [-0.3, -0.25) is 4.79 Å². The van der Waals surface area contributed by atoms with Gasteiger partial charge < -0.3 is 14.8 Å². The zero-order valence-electron chi connectivity index (χ0n) is 16.0. The van der Waals surface area contributed by atoms with Crippen LogP contribution in [0, 0.1) is 0 Å². The predicted molar refractivity (Wildman–Crippen MR) is 113 cm³/mol. The quantitative estimate of drug-likeness (QED) is 0.471. The number of methoxy groups -OCH3 is 1. The van der Waals surface area contributed by atoms with Crippen molar-refractivity contribution in [1.82, 2.24) is 0 Å². The minimum Gasteiger partial charge on any atom is -0.489 e. The van der Waals surface area contributed by atoms with Gasteiger partial charge in [-0.1, -0.05) is 48.5 Å². The maximum absolute atomic E-state index is 12.2. The highest BCUT2D eigenvalue weighted by atomic mass is 16.5. The lowest BCUT2D eigenvalue weighted by molar-refractivity contribution is -0.111. The van der Waals surface area contributed by atoms with Gasteiger partial charge in [0.1, 0.15) is 12.4 Å². The molecule has 29 heavy (non-hydrogen) atoms. The third-order valence-corrected chi connectivity index (χ3v) is 4.08. The van der Waals surface area contributed by atoms with Crippen molar-refractivity contribution in [3.8, 4) is 5.75 Å². The van der Waals surface area contributed by atoms with E-state index in [1.807, 2.05) is 54.6 Å². The van der Waals surface area contributed by atoms with Crippen LogP contribution in [0.1, 0.15) is 21.5 Å². The normalized spacial score (nSPS) is 10.5. The first-order chi connectivity index (χ1) is 14.1. The molecule has 5 heteroatoms. The third kappa shape index (κ3) is 6.07. The van der Waals surface area contributed by atoms with Gasteiger partial charge in [-0.2, -0.15) is 0 Å². The molecule has 0 aliphatic carbocycles. The first-order valence-electron chi connectivity index (χ1n) is 9.08. The average Bonchev–Trinajstić information content (AvgIpc) is 2.77. The minimum atomic E-state index is -0.455. The number of carbonyl (C=O) groups excluding carboxylic acids is 2. The van der Waals surface area contributed by atoms with Crippen molar-refractivity contribution in [3.63, 3.8) is 0 Å². The van der Waals surface area contributed by atoms with Crippen LogP contribution in [0.15, 0.2) is 84.9 Å². The summed E-state index contributed by atoms with van der Waals surface area (Å²) >= 11 is 0. The van der Waals surface area contributed by atoms with Crippen molar-refractivity contribution in [2.24, 2.45) is 0 Å². The second-order valence-corrected chi connectivity index (χ2v) is 6.24. The van der Waals surface area contributed by atoms with E-state index in [2.05, 4.69) is 10.1 Å². The highest BCUT2D eigenvalue weighted by Gasteiger charge is 2.06. The van der Waals surface area contributed by atoms with Gasteiger partial charge in [-0.15, -0.1) is 0 Å². The molecule has 3 rings (SSSR count). The van der Waals surface area contributed by atoms with E-state index in [9.17, 15) is 9.59 Å². The zero-order valence-corrected chi connectivity index (χ0v) is 16.0. The topological polar surface area (TPSA) is 64.6 Å². The molecule has 0 aromatic heterocycles. The Morgan fingerprint density at radius 2 is 1.72 bits per heavy atom. The van der Waals surface area contributed by atoms with Crippen LogP contribution in [0.25, 0.3) is 6.08 Å². The second-order valence-electron chi connectivity index (χ2n) is 6.24. The molecular formula is C24H21NO4. The van der Waals surface area contributed by atoms with Gasteiger partial charge in [0.15, 0.2) is 0 Å². The van der Waals surface area contributed by atoms with E-state index >= 15 is 0 Å². The van der Waals surface area contributed by atoms with Crippen LogP contribution in [-0.2, 0) is 16.1 Å². The Hall–Kier alpha value is -3.86. The molecule has 146 valence electrons. The molecule has 0 unspecified atom stereocenters. The Bertz CT molecular complexity index is 1010. The van der Waals surface area contributed by atoms with Crippen molar-refractivity contribution in [2.45, 2.75) is 6.61 Å². The smallest absolute Gasteiger partial charge is 0.337 e. The van der Waals surface area contributed by atoms with Gasteiger partial charge in [-0.05, 0) is 47.5 Å². The number of rotatable bonds is 7. The van der Waals surface area contributed by atoms with E-state index in [1.54, 1.807) is 30.3 Å². The molecule has 0 fully saturated rings. The Kier molecular flexibility index (Phi) is 6.79. The Morgan fingerprint density at radius 3 is 2.52 bits per heavy atom. The summed E-state index contributed by atoms with van der Waals surface area (Å²) in [7, 11) is 1.31. The van der Waals surface area contributed by atoms with Crippen molar-refractivity contribution < 1.29 is 19.1 Å². The number of ether oxygens (including phenoxy) is 2. The summed E-state index contributed by atoms with van der Waals surface area (Å²) in [5.74, 6) is -0.0335. The fraction of sp³-hybridized carbons (Fsp3) is 0.0833. The number of anilines is 1. The fourth-order valence-corrected chi connectivity index (χ4v) is 2.65. The van der Waals surface area contributed by atoms with Crippen molar-refractivity contribution in [2.75, 3.05) is 12.4 Å². The largest absolute Gasteiger partial charge is 0.489 e. The van der Waals surface area contributed by atoms with E-state index in [1.165, 1.54) is 13.2 Å². The number of amides is 1. The van der Waals surface area contributed by atoms with Crippen LogP contribution in [0.4, 0.5) is 5.69 Å². The summed E-state index contributed by atoms with van der Waals surface area (Å²) in [6, 6.07) is 24.0. The Labute approximate surface area is 169 Å². The summed E-state index contributed by atoms with van der Waals surface area (Å²) in [5.41, 5.74) is 2.82. The Balaban J connectivity index is 1.59. The minimum absolute atomic E-state index is 0.303. The molecule has 1 N–H and O–H groups in total. The van der Waals surface area contributed by atoms with Crippen LogP contribution < -0.4 is 10.1 Å². The molecule has 0 saturated carbocycles. The van der Waals surface area contributed by atoms with Crippen molar-refractivity contribution in [1.29, 1.82) is 0 Å². The molecule has 0 saturated heterocycles. The number of esters is 1. The highest BCUT2D eigenvalue weighted by molar-refractivity contribution is 6.02. The number of hydrogen-bond donors (Lipinski definition) is 1. The van der Waals surface area contributed by atoms with E-state index in [0.717, 1.165) is 16.9 Å². The van der Waals surface area contributed by atoms with Crippen LogP contribution in [-0.4, -0.2) is 19.0 Å². The highest BCUT2D eigenvalue weighted by Crippen LogP contribution is 2.17. The van der Waals surface area contributed by atoms with Crippen LogP contribution in [0.5, 0.6) is 5.75 Å². The van der Waals surface area contributed by atoms with Crippen LogP contribution in [0.3, 0.4) is 0 Å². The number of hydrogen-bond acceptors (Lipinski definition) is 4. The molecule has 0 aliphatic rings. The van der Waals surface area contributed by atoms with Gasteiger partial charge in [0.05, 0.1) is 12.7 Å². The summed E-state index contributed by atoms with van der Waals surface area (Å²) in [6.07, 6.45) is 3.13. The fourth-order valence-electron chi connectivity index (χ4n) is 2.65. The van der Waals surface area contributed by atoms with Gasteiger partial charge in [-0.25, -0.2) is 4.79 Å². The van der Waals surface area contributed by atoms with Gasteiger partial charge in [0.25, 0.3) is 0 Å². The zero-order chi connectivity index (χ0) is 20.5. The first kappa shape index (κ1) is 19.9. The lowest BCUT2D eigenvalue weighted by Crippen LogP contribution is -2.09. The SMILES string of the molecule is COC(=O)c1cccc(NC(=O)/C=C/c2cccc(OCc3ccccc3)c2)c1. The summed E-state index contributed by atoms with van der Waals surface area (Å²) in [4.78, 5) is 23.8. The monoisotopic (exact) mass is 387 g/mol. The van der Waals surface area contributed by atoms with Gasteiger partial charge in [0, 0.05) is 11.8 Å². The van der Waals surface area contributed by atoms with Crippen molar-refractivity contribution >= 4 is 23.6 Å². The van der Waals surface area contributed by atoms with E-state index in [0.29, 0.717) is 17.9 Å². The molecule has 3 aromatic carbocycles. The van der Waals surface area contributed by atoms with Gasteiger partial charge in [0.2, 0.25) is 5.91 Å². The Morgan fingerprint density at radius 1 is 0.931 bits per heavy atom. The molecule has 0 aliphatic heterocycles. The number of benzene rings is 3. The van der Waals surface area contributed by atoms with Crippen LogP contribution in [0.2, 0.25) is 0 Å². The van der Waals surface area contributed by atoms with E-state index in [4.69, 9.17) is 4.74 Å². The summed E-state index contributed by atoms with van der Waals surface area (Å²) in [5, 5.41) is 2.73. The predicted octanol–water partition coefficient (Wildman–Crippen LogP) is 4.70. The number of nitrogens with one attached hydrogen (secondary N) is 1. The summed E-state index contributed by atoms with van der Waals surface area (Å²) < 4.78 is 10.5. The van der Waals surface area contributed by atoms with Crippen LogP contribution >= 0.6 is 0 Å². The molecule has 0 radical (unpaired) electrons.